The zero-order chi connectivity index (χ0) is 20.3. The van der Waals surface area contributed by atoms with Crippen molar-refractivity contribution in [1.29, 1.82) is 0 Å². The molecule has 1 saturated carbocycles. The topological polar surface area (TPSA) is 51.0 Å². The van der Waals surface area contributed by atoms with E-state index in [-0.39, 0.29) is 11.4 Å². The van der Waals surface area contributed by atoms with Crippen LogP contribution < -0.4 is 0 Å². The molecule has 1 aliphatic heterocycles. The molecule has 5 heteroatoms. The van der Waals surface area contributed by atoms with E-state index < -0.39 is 0 Å². The van der Waals surface area contributed by atoms with Crippen molar-refractivity contribution in [3.05, 3.63) is 90.8 Å². The van der Waals surface area contributed by atoms with Crippen LogP contribution in [0.15, 0.2) is 79.5 Å². The molecule has 146 valence electrons. The normalized spacial score (nSPS) is 16.2. The van der Waals surface area contributed by atoms with Crippen molar-refractivity contribution in [2.45, 2.75) is 18.4 Å². The number of hydrogen-bond acceptors (Lipinski definition) is 3. The van der Waals surface area contributed by atoms with Gasteiger partial charge < -0.3 is 9.47 Å². The number of carbonyl (C=O) groups is 1. The van der Waals surface area contributed by atoms with E-state index in [0.29, 0.717) is 5.69 Å². The molecule has 1 aliphatic carbocycles. The molecule has 0 atom stereocenters. The van der Waals surface area contributed by atoms with Crippen molar-refractivity contribution in [2.75, 3.05) is 7.05 Å². The quantitative estimate of drug-likeness (QED) is 0.498. The van der Waals surface area contributed by atoms with Gasteiger partial charge in [0.1, 0.15) is 12.0 Å². The number of carbonyl (C=O) groups excluding carboxylic acids is 1. The second kappa shape index (κ2) is 6.13. The Kier molecular flexibility index (Phi) is 3.51. The third-order valence-electron chi connectivity index (χ3n) is 6.47. The SMILES string of the molecule is CN1C(=O)c2cc(-c3ccccc3)cn2-c2cc(-c3cncnc3)ccc2C12CC2. The minimum Gasteiger partial charge on any atom is -0.331 e. The maximum Gasteiger partial charge on any atom is 0.271 e. The van der Waals surface area contributed by atoms with Gasteiger partial charge in [0.05, 0.1) is 11.2 Å². The van der Waals surface area contributed by atoms with Crippen molar-refractivity contribution in [2.24, 2.45) is 0 Å². The van der Waals surface area contributed by atoms with Crippen LogP contribution >= 0.6 is 0 Å². The van der Waals surface area contributed by atoms with Gasteiger partial charge in [-0.25, -0.2) is 9.97 Å². The second-order valence-electron chi connectivity index (χ2n) is 8.10. The van der Waals surface area contributed by atoms with Gasteiger partial charge in [-0.2, -0.15) is 0 Å². The van der Waals surface area contributed by atoms with Crippen LogP contribution in [0.5, 0.6) is 0 Å². The third-order valence-corrected chi connectivity index (χ3v) is 6.47. The fourth-order valence-corrected chi connectivity index (χ4v) is 4.64. The summed E-state index contributed by atoms with van der Waals surface area (Å²) in [4.78, 5) is 23.7. The summed E-state index contributed by atoms with van der Waals surface area (Å²) >= 11 is 0. The fourth-order valence-electron chi connectivity index (χ4n) is 4.64. The Morgan fingerprint density at radius 3 is 2.37 bits per heavy atom. The average molecular weight is 392 g/mol. The predicted molar refractivity (Wildman–Crippen MR) is 115 cm³/mol. The average Bonchev–Trinajstić information content (AvgIpc) is 3.50. The molecule has 30 heavy (non-hydrogen) atoms. The van der Waals surface area contributed by atoms with Crippen LogP contribution in [0, 0.1) is 0 Å². The molecule has 1 amide bonds. The number of amides is 1. The fraction of sp³-hybridized carbons (Fsp3) is 0.160. The Bertz CT molecular complexity index is 1270. The third kappa shape index (κ3) is 2.38. The molecule has 0 N–H and O–H groups in total. The van der Waals surface area contributed by atoms with Crippen molar-refractivity contribution in [3.8, 4) is 27.9 Å². The summed E-state index contributed by atoms with van der Waals surface area (Å²) < 4.78 is 2.07. The molecule has 3 heterocycles. The lowest BCUT2D eigenvalue weighted by atomic mass is 9.97. The first kappa shape index (κ1) is 17.2. The van der Waals surface area contributed by atoms with Gasteiger partial charge >= 0.3 is 0 Å². The molecule has 2 aliphatic rings. The molecule has 1 fully saturated rings. The lowest BCUT2D eigenvalue weighted by Gasteiger charge is -2.27. The van der Waals surface area contributed by atoms with E-state index in [1.54, 1.807) is 0 Å². The summed E-state index contributed by atoms with van der Waals surface area (Å²) in [5, 5.41) is 0. The standard InChI is InChI=1S/C25H20N4O/c1-28-24(30)23-12-19(17-5-3-2-4-6-17)15-29(23)22-11-18(20-13-26-16-27-14-20)7-8-21(22)25(28)9-10-25/h2-8,11-16H,9-10H2,1H3. The lowest BCUT2D eigenvalue weighted by molar-refractivity contribution is 0.0705. The number of fused-ring (bicyclic) bond motifs is 4. The summed E-state index contributed by atoms with van der Waals surface area (Å²) in [6, 6.07) is 18.7. The number of nitrogens with zero attached hydrogens (tertiary/aromatic N) is 4. The van der Waals surface area contributed by atoms with E-state index in [2.05, 4.69) is 51.1 Å². The Balaban J connectivity index is 1.60. The van der Waals surface area contributed by atoms with Crippen LogP contribution in [-0.2, 0) is 5.54 Å². The number of rotatable bonds is 2. The van der Waals surface area contributed by atoms with Crippen LogP contribution in [0.25, 0.3) is 27.9 Å². The van der Waals surface area contributed by atoms with Gasteiger partial charge in [-0.1, -0.05) is 42.5 Å². The Labute approximate surface area is 174 Å². The van der Waals surface area contributed by atoms with Crippen LogP contribution in [0.4, 0.5) is 0 Å². The monoisotopic (exact) mass is 392 g/mol. The number of benzene rings is 2. The van der Waals surface area contributed by atoms with E-state index in [4.69, 9.17) is 0 Å². The summed E-state index contributed by atoms with van der Waals surface area (Å²) in [6.45, 7) is 0. The van der Waals surface area contributed by atoms with E-state index in [1.807, 2.05) is 48.6 Å². The van der Waals surface area contributed by atoms with Crippen LogP contribution in [0.2, 0.25) is 0 Å². The summed E-state index contributed by atoms with van der Waals surface area (Å²) in [5.41, 5.74) is 6.90. The molecule has 5 nitrogen and oxygen atoms in total. The molecule has 0 saturated heterocycles. The smallest absolute Gasteiger partial charge is 0.271 e. The molecule has 0 unspecified atom stereocenters. The highest BCUT2D eigenvalue weighted by Crippen LogP contribution is 2.54. The maximum absolute atomic E-state index is 13.4. The molecule has 0 bridgehead atoms. The Hall–Kier alpha value is -3.73. The zero-order valence-electron chi connectivity index (χ0n) is 16.6. The van der Waals surface area contributed by atoms with Gasteiger partial charge in [-0.15, -0.1) is 0 Å². The highest BCUT2D eigenvalue weighted by molar-refractivity contribution is 5.97. The minimum atomic E-state index is -0.204. The van der Waals surface area contributed by atoms with Crippen molar-refractivity contribution >= 4 is 5.91 Å². The summed E-state index contributed by atoms with van der Waals surface area (Å²) in [6.07, 6.45) is 9.25. The lowest BCUT2D eigenvalue weighted by Crippen LogP contribution is -2.36. The minimum absolute atomic E-state index is 0.0653. The molecular formula is C25H20N4O. The highest BCUT2D eigenvalue weighted by Gasteiger charge is 2.53. The second-order valence-corrected chi connectivity index (χ2v) is 8.10. The first-order valence-electron chi connectivity index (χ1n) is 10.1. The van der Waals surface area contributed by atoms with Gasteiger partial charge in [0.15, 0.2) is 0 Å². The predicted octanol–water partition coefficient (Wildman–Crippen LogP) is 4.68. The van der Waals surface area contributed by atoms with Crippen molar-refractivity contribution < 1.29 is 4.79 Å². The van der Waals surface area contributed by atoms with Gasteiger partial charge in [0, 0.05) is 42.3 Å². The van der Waals surface area contributed by atoms with Crippen LogP contribution in [0.1, 0.15) is 28.9 Å². The van der Waals surface area contributed by atoms with Gasteiger partial charge in [0.2, 0.25) is 0 Å². The molecule has 1 spiro atoms. The molecule has 6 rings (SSSR count). The highest BCUT2D eigenvalue weighted by atomic mass is 16.2. The van der Waals surface area contributed by atoms with E-state index >= 15 is 0 Å². The van der Waals surface area contributed by atoms with Crippen molar-refractivity contribution in [1.82, 2.24) is 19.4 Å². The van der Waals surface area contributed by atoms with Crippen molar-refractivity contribution in [3.63, 3.8) is 0 Å². The van der Waals surface area contributed by atoms with E-state index in [9.17, 15) is 4.79 Å². The van der Waals surface area contributed by atoms with Gasteiger partial charge in [-0.05, 0) is 36.1 Å². The summed E-state index contributed by atoms with van der Waals surface area (Å²) in [5.74, 6) is 0.0653. The summed E-state index contributed by atoms with van der Waals surface area (Å²) in [7, 11) is 1.93. The number of aromatic nitrogens is 3. The van der Waals surface area contributed by atoms with Gasteiger partial charge in [0.25, 0.3) is 5.91 Å². The zero-order valence-corrected chi connectivity index (χ0v) is 16.6. The molecule has 4 aromatic rings. The first-order valence-corrected chi connectivity index (χ1v) is 10.1. The molecule has 2 aromatic heterocycles. The largest absolute Gasteiger partial charge is 0.331 e. The molecule has 2 aromatic carbocycles. The van der Waals surface area contributed by atoms with E-state index in [1.165, 1.54) is 11.9 Å². The number of hydrogen-bond donors (Lipinski definition) is 0. The molecular weight excluding hydrogens is 372 g/mol. The maximum atomic E-state index is 13.4. The van der Waals surface area contributed by atoms with E-state index in [0.717, 1.165) is 40.8 Å². The first-order chi connectivity index (χ1) is 14.7. The van der Waals surface area contributed by atoms with Crippen LogP contribution in [0.3, 0.4) is 0 Å². The Morgan fingerprint density at radius 2 is 1.63 bits per heavy atom. The Morgan fingerprint density at radius 1 is 0.867 bits per heavy atom. The van der Waals surface area contributed by atoms with Gasteiger partial charge in [-0.3, -0.25) is 4.79 Å². The van der Waals surface area contributed by atoms with Crippen LogP contribution in [-0.4, -0.2) is 32.4 Å². The molecule has 0 radical (unpaired) electrons.